The zero-order chi connectivity index (χ0) is 10.0. The fourth-order valence-corrected chi connectivity index (χ4v) is 2.59. The molecule has 0 bridgehead atoms. The Morgan fingerprint density at radius 3 is 3.21 bits per heavy atom. The molecule has 14 heavy (non-hydrogen) atoms. The molecular weight excluding hydrogens is 196 g/mol. The quantitative estimate of drug-likeness (QED) is 0.813. The molecule has 0 aliphatic carbocycles. The first kappa shape index (κ1) is 10.1. The molecule has 0 spiro atoms. The molecule has 1 aromatic rings. The van der Waals surface area contributed by atoms with Crippen LogP contribution in [-0.4, -0.2) is 23.9 Å². The van der Waals surface area contributed by atoms with Gasteiger partial charge in [0.15, 0.2) is 0 Å². The van der Waals surface area contributed by atoms with E-state index < -0.39 is 5.60 Å². The van der Waals surface area contributed by atoms with Crippen molar-refractivity contribution in [1.29, 1.82) is 0 Å². The van der Waals surface area contributed by atoms with Crippen LogP contribution in [0.2, 0.25) is 0 Å². The maximum absolute atomic E-state index is 10.4. The average molecular weight is 212 g/mol. The van der Waals surface area contributed by atoms with Crippen LogP contribution in [0.15, 0.2) is 16.8 Å². The third kappa shape index (κ3) is 2.00. The maximum Gasteiger partial charge on any atom is 0.0757 e. The molecule has 2 nitrogen and oxygen atoms in total. The molecule has 1 aromatic heterocycles. The van der Waals surface area contributed by atoms with E-state index in [-0.39, 0.29) is 5.92 Å². The number of thiophene rings is 1. The molecule has 78 valence electrons. The zero-order valence-electron chi connectivity index (χ0n) is 8.40. The predicted octanol–water partition coefficient (Wildman–Crippen LogP) is 2.08. The van der Waals surface area contributed by atoms with Crippen molar-refractivity contribution in [3.8, 4) is 0 Å². The second-order valence-corrected chi connectivity index (χ2v) is 4.92. The van der Waals surface area contributed by atoms with Crippen molar-refractivity contribution in [2.24, 2.45) is 5.92 Å². The number of hydrogen-bond acceptors (Lipinski definition) is 3. The van der Waals surface area contributed by atoms with E-state index >= 15 is 0 Å². The van der Waals surface area contributed by atoms with Crippen LogP contribution in [0.5, 0.6) is 0 Å². The molecule has 0 radical (unpaired) electrons. The minimum Gasteiger partial charge on any atom is -0.389 e. The Kier molecular flexibility index (Phi) is 2.91. The highest BCUT2D eigenvalue weighted by molar-refractivity contribution is 7.07. The van der Waals surface area contributed by atoms with Crippen molar-refractivity contribution in [3.05, 3.63) is 22.4 Å². The van der Waals surface area contributed by atoms with Gasteiger partial charge < -0.3 is 9.84 Å². The van der Waals surface area contributed by atoms with Crippen molar-refractivity contribution >= 4 is 11.3 Å². The van der Waals surface area contributed by atoms with E-state index in [0.29, 0.717) is 13.2 Å². The lowest BCUT2D eigenvalue weighted by Crippen LogP contribution is -2.45. The lowest BCUT2D eigenvalue weighted by Gasteiger charge is -2.37. The van der Waals surface area contributed by atoms with Crippen LogP contribution in [0.4, 0.5) is 0 Å². The molecular formula is C11H16O2S. The van der Waals surface area contributed by atoms with E-state index in [4.69, 9.17) is 4.74 Å². The Bertz CT molecular complexity index is 283. The van der Waals surface area contributed by atoms with Crippen LogP contribution in [0.3, 0.4) is 0 Å². The predicted molar refractivity (Wildman–Crippen MR) is 57.6 cm³/mol. The van der Waals surface area contributed by atoms with Gasteiger partial charge in [-0.15, -0.1) is 0 Å². The van der Waals surface area contributed by atoms with E-state index in [1.54, 1.807) is 11.3 Å². The Labute approximate surface area is 88.5 Å². The summed E-state index contributed by atoms with van der Waals surface area (Å²) in [7, 11) is 0. The maximum atomic E-state index is 10.4. The Hall–Kier alpha value is -0.380. The average Bonchev–Trinajstić information content (AvgIpc) is 2.63. The summed E-state index contributed by atoms with van der Waals surface area (Å²) in [6.07, 6.45) is 1.52. The summed E-state index contributed by atoms with van der Waals surface area (Å²) >= 11 is 1.69. The minimum atomic E-state index is -0.556. The molecule has 2 rings (SSSR count). The largest absolute Gasteiger partial charge is 0.389 e. The van der Waals surface area contributed by atoms with Crippen LogP contribution in [0.25, 0.3) is 0 Å². The SMILES string of the molecule is CC1COCCC1(O)Cc1ccsc1. The molecule has 0 aromatic carbocycles. The van der Waals surface area contributed by atoms with Gasteiger partial charge in [0.1, 0.15) is 0 Å². The minimum absolute atomic E-state index is 0.233. The summed E-state index contributed by atoms with van der Waals surface area (Å²) in [6.45, 7) is 3.43. The van der Waals surface area contributed by atoms with Crippen molar-refractivity contribution < 1.29 is 9.84 Å². The molecule has 2 heterocycles. The van der Waals surface area contributed by atoms with Gasteiger partial charge in [-0.3, -0.25) is 0 Å². The zero-order valence-corrected chi connectivity index (χ0v) is 9.22. The number of ether oxygens (including phenoxy) is 1. The molecule has 2 unspecified atom stereocenters. The first-order chi connectivity index (χ1) is 6.71. The monoisotopic (exact) mass is 212 g/mol. The van der Waals surface area contributed by atoms with Crippen LogP contribution >= 0.6 is 11.3 Å². The molecule has 1 fully saturated rings. The number of aliphatic hydroxyl groups is 1. The van der Waals surface area contributed by atoms with Crippen molar-refractivity contribution in [2.45, 2.75) is 25.4 Å². The normalized spacial score (nSPS) is 33.1. The smallest absolute Gasteiger partial charge is 0.0757 e. The molecule has 0 saturated carbocycles. The summed E-state index contributed by atoms with van der Waals surface area (Å²) in [5, 5.41) is 14.6. The summed E-state index contributed by atoms with van der Waals surface area (Å²) in [5.41, 5.74) is 0.686. The highest BCUT2D eigenvalue weighted by Gasteiger charge is 2.36. The van der Waals surface area contributed by atoms with Gasteiger partial charge in [0, 0.05) is 25.4 Å². The van der Waals surface area contributed by atoms with Crippen LogP contribution in [0, 0.1) is 5.92 Å². The van der Waals surface area contributed by atoms with E-state index in [2.05, 4.69) is 23.8 Å². The molecule has 1 saturated heterocycles. The highest BCUT2D eigenvalue weighted by atomic mass is 32.1. The Morgan fingerprint density at radius 1 is 1.71 bits per heavy atom. The molecule has 0 amide bonds. The van der Waals surface area contributed by atoms with Gasteiger partial charge in [-0.2, -0.15) is 11.3 Å². The second-order valence-electron chi connectivity index (χ2n) is 4.14. The van der Waals surface area contributed by atoms with Crippen molar-refractivity contribution in [3.63, 3.8) is 0 Å². The second kappa shape index (κ2) is 4.01. The van der Waals surface area contributed by atoms with Gasteiger partial charge in [-0.25, -0.2) is 0 Å². The molecule has 1 aliphatic heterocycles. The highest BCUT2D eigenvalue weighted by Crippen LogP contribution is 2.30. The van der Waals surface area contributed by atoms with Crippen molar-refractivity contribution in [1.82, 2.24) is 0 Å². The summed E-state index contributed by atoms with van der Waals surface area (Å²) < 4.78 is 5.34. The Morgan fingerprint density at radius 2 is 2.57 bits per heavy atom. The van der Waals surface area contributed by atoms with Gasteiger partial charge in [0.05, 0.1) is 12.2 Å². The van der Waals surface area contributed by atoms with Gasteiger partial charge in [0.25, 0.3) is 0 Å². The first-order valence-corrected chi connectivity index (χ1v) is 5.96. The summed E-state index contributed by atoms with van der Waals surface area (Å²) in [5.74, 6) is 0.233. The van der Waals surface area contributed by atoms with Crippen LogP contribution < -0.4 is 0 Å². The summed E-state index contributed by atoms with van der Waals surface area (Å²) in [4.78, 5) is 0. The van der Waals surface area contributed by atoms with E-state index in [9.17, 15) is 5.11 Å². The van der Waals surface area contributed by atoms with Gasteiger partial charge in [-0.05, 0) is 22.4 Å². The fraction of sp³-hybridized carbons (Fsp3) is 0.636. The van der Waals surface area contributed by atoms with Gasteiger partial charge >= 0.3 is 0 Å². The van der Waals surface area contributed by atoms with E-state index in [1.165, 1.54) is 5.56 Å². The van der Waals surface area contributed by atoms with Crippen molar-refractivity contribution in [2.75, 3.05) is 13.2 Å². The molecule has 1 N–H and O–H groups in total. The van der Waals surface area contributed by atoms with E-state index in [0.717, 1.165) is 12.8 Å². The third-order valence-corrected chi connectivity index (χ3v) is 3.79. The van der Waals surface area contributed by atoms with E-state index in [1.807, 2.05) is 0 Å². The van der Waals surface area contributed by atoms with Gasteiger partial charge in [-0.1, -0.05) is 6.92 Å². The van der Waals surface area contributed by atoms with Crippen LogP contribution in [0.1, 0.15) is 18.9 Å². The molecule has 2 atom stereocenters. The lowest BCUT2D eigenvalue weighted by molar-refractivity contribution is -0.105. The topological polar surface area (TPSA) is 29.5 Å². The Balaban J connectivity index is 2.07. The molecule has 1 aliphatic rings. The fourth-order valence-electron chi connectivity index (χ4n) is 1.92. The lowest BCUT2D eigenvalue weighted by atomic mass is 9.80. The van der Waals surface area contributed by atoms with Gasteiger partial charge in [0.2, 0.25) is 0 Å². The first-order valence-electron chi connectivity index (χ1n) is 5.02. The van der Waals surface area contributed by atoms with Crippen LogP contribution in [-0.2, 0) is 11.2 Å². The summed E-state index contributed by atoms with van der Waals surface area (Å²) in [6, 6.07) is 2.09. The third-order valence-electron chi connectivity index (χ3n) is 3.05. The standard InChI is InChI=1S/C11H16O2S/c1-9-7-13-4-3-11(9,12)6-10-2-5-14-8-10/h2,5,8-9,12H,3-4,6-7H2,1H3. The molecule has 3 heteroatoms. The number of rotatable bonds is 2. The number of hydrogen-bond donors (Lipinski definition) is 1.